The summed E-state index contributed by atoms with van der Waals surface area (Å²) < 4.78 is 0. The summed E-state index contributed by atoms with van der Waals surface area (Å²) in [5.41, 5.74) is 2.78. The van der Waals surface area contributed by atoms with Crippen LogP contribution >= 0.6 is 11.3 Å². The fraction of sp³-hybridized carbons (Fsp3) is 0.250. The number of aromatic nitrogens is 2. The van der Waals surface area contributed by atoms with E-state index in [1.807, 2.05) is 43.6 Å². The molecule has 0 saturated heterocycles. The maximum Gasteiger partial charge on any atom is 0.227 e. The monoisotopic (exact) mass is 299 g/mol. The summed E-state index contributed by atoms with van der Waals surface area (Å²) in [5, 5.41) is 2.04. The van der Waals surface area contributed by atoms with Crippen LogP contribution < -0.4 is 4.90 Å². The Kier molecular flexibility index (Phi) is 3.75. The molecule has 0 fully saturated rings. The molecule has 0 saturated carbocycles. The van der Waals surface area contributed by atoms with E-state index < -0.39 is 0 Å². The van der Waals surface area contributed by atoms with Gasteiger partial charge in [-0.25, -0.2) is 4.98 Å². The third-order valence-corrected chi connectivity index (χ3v) is 4.45. The molecule has 0 aliphatic carbocycles. The van der Waals surface area contributed by atoms with Gasteiger partial charge in [-0.05, 0) is 43.0 Å². The summed E-state index contributed by atoms with van der Waals surface area (Å²) in [6, 6.07) is 9.93. The van der Waals surface area contributed by atoms with Crippen LogP contribution in [-0.4, -0.2) is 22.9 Å². The van der Waals surface area contributed by atoms with Crippen molar-refractivity contribution in [1.82, 2.24) is 9.97 Å². The van der Waals surface area contributed by atoms with E-state index >= 15 is 0 Å². The SMILES string of the molecule is Cc1nc2ccc(N(C)C(=O)CCc3cccs3)cc2[nH]1. The van der Waals surface area contributed by atoms with Crippen LogP contribution in [0.4, 0.5) is 5.69 Å². The van der Waals surface area contributed by atoms with Crippen molar-refractivity contribution in [3.63, 3.8) is 0 Å². The lowest BCUT2D eigenvalue weighted by atomic mass is 10.2. The summed E-state index contributed by atoms with van der Waals surface area (Å²) in [4.78, 5) is 22.8. The van der Waals surface area contributed by atoms with Crippen molar-refractivity contribution < 1.29 is 4.79 Å². The van der Waals surface area contributed by atoms with Gasteiger partial charge in [-0.15, -0.1) is 11.3 Å². The molecule has 0 aliphatic rings. The summed E-state index contributed by atoms with van der Waals surface area (Å²) in [6.07, 6.45) is 1.32. The van der Waals surface area contributed by atoms with E-state index in [1.54, 1.807) is 16.2 Å². The number of carbonyl (C=O) groups is 1. The normalized spacial score (nSPS) is 11.0. The average molecular weight is 299 g/mol. The second kappa shape index (κ2) is 5.69. The van der Waals surface area contributed by atoms with Gasteiger partial charge in [0.1, 0.15) is 5.82 Å². The van der Waals surface area contributed by atoms with Crippen molar-refractivity contribution in [2.24, 2.45) is 0 Å². The highest BCUT2D eigenvalue weighted by molar-refractivity contribution is 7.09. The molecule has 3 aromatic rings. The molecule has 0 spiro atoms. The van der Waals surface area contributed by atoms with E-state index in [2.05, 4.69) is 16.0 Å². The third-order valence-electron chi connectivity index (χ3n) is 3.51. The van der Waals surface area contributed by atoms with E-state index in [1.165, 1.54) is 4.88 Å². The third kappa shape index (κ3) is 2.97. The van der Waals surface area contributed by atoms with Gasteiger partial charge >= 0.3 is 0 Å². The minimum Gasteiger partial charge on any atom is -0.342 e. The molecular formula is C16H17N3OS. The first-order chi connectivity index (χ1) is 10.1. The Morgan fingerprint density at radius 3 is 3.00 bits per heavy atom. The number of thiophene rings is 1. The van der Waals surface area contributed by atoms with Crippen LogP contribution in [0.15, 0.2) is 35.7 Å². The van der Waals surface area contributed by atoms with Gasteiger partial charge in [-0.3, -0.25) is 4.79 Å². The number of rotatable bonds is 4. The van der Waals surface area contributed by atoms with E-state index in [4.69, 9.17) is 0 Å². The maximum atomic E-state index is 12.3. The molecule has 0 bridgehead atoms. The number of amides is 1. The van der Waals surface area contributed by atoms with E-state index in [0.717, 1.165) is 29.0 Å². The second-order valence-corrected chi connectivity index (χ2v) is 6.09. The van der Waals surface area contributed by atoms with Crippen molar-refractivity contribution >= 4 is 34.0 Å². The molecular weight excluding hydrogens is 282 g/mol. The Morgan fingerprint density at radius 1 is 1.38 bits per heavy atom. The Morgan fingerprint density at radius 2 is 2.24 bits per heavy atom. The Hall–Kier alpha value is -2.14. The largest absolute Gasteiger partial charge is 0.342 e. The molecule has 0 unspecified atom stereocenters. The molecule has 0 radical (unpaired) electrons. The van der Waals surface area contributed by atoms with Gasteiger partial charge in [-0.1, -0.05) is 6.07 Å². The van der Waals surface area contributed by atoms with Crippen LogP contribution in [0, 0.1) is 6.92 Å². The van der Waals surface area contributed by atoms with Crippen molar-refractivity contribution in [2.45, 2.75) is 19.8 Å². The maximum absolute atomic E-state index is 12.3. The van der Waals surface area contributed by atoms with Gasteiger partial charge in [-0.2, -0.15) is 0 Å². The van der Waals surface area contributed by atoms with E-state index in [0.29, 0.717) is 6.42 Å². The van der Waals surface area contributed by atoms with Gasteiger partial charge in [0.25, 0.3) is 0 Å². The highest BCUT2D eigenvalue weighted by atomic mass is 32.1. The van der Waals surface area contributed by atoms with Crippen molar-refractivity contribution in [2.75, 3.05) is 11.9 Å². The minimum atomic E-state index is 0.124. The van der Waals surface area contributed by atoms with Crippen LogP contribution in [0.2, 0.25) is 0 Å². The highest BCUT2D eigenvalue weighted by Gasteiger charge is 2.12. The molecule has 2 heterocycles. The molecule has 2 aromatic heterocycles. The van der Waals surface area contributed by atoms with Gasteiger partial charge in [0.15, 0.2) is 0 Å². The molecule has 4 nitrogen and oxygen atoms in total. The zero-order valence-electron chi connectivity index (χ0n) is 12.1. The number of aromatic amines is 1. The molecule has 3 rings (SSSR count). The first kappa shape index (κ1) is 13.8. The minimum absolute atomic E-state index is 0.124. The first-order valence-corrected chi connectivity index (χ1v) is 7.77. The zero-order chi connectivity index (χ0) is 14.8. The summed E-state index contributed by atoms with van der Waals surface area (Å²) >= 11 is 1.69. The predicted molar refractivity (Wildman–Crippen MR) is 86.9 cm³/mol. The fourth-order valence-electron chi connectivity index (χ4n) is 2.33. The number of benzene rings is 1. The van der Waals surface area contributed by atoms with Gasteiger partial charge in [0.05, 0.1) is 11.0 Å². The van der Waals surface area contributed by atoms with Crippen LogP contribution in [0.25, 0.3) is 11.0 Å². The summed E-state index contributed by atoms with van der Waals surface area (Å²) in [7, 11) is 1.82. The zero-order valence-corrected chi connectivity index (χ0v) is 12.9. The lowest BCUT2D eigenvalue weighted by Gasteiger charge is -2.17. The molecule has 0 atom stereocenters. The lowest BCUT2D eigenvalue weighted by Crippen LogP contribution is -2.26. The molecule has 1 aromatic carbocycles. The standard InChI is InChI=1S/C16H17N3OS/c1-11-17-14-7-5-12(10-15(14)18-11)19(2)16(20)8-6-13-4-3-9-21-13/h3-5,7,9-10H,6,8H2,1-2H3,(H,17,18). The van der Waals surface area contributed by atoms with Gasteiger partial charge < -0.3 is 9.88 Å². The van der Waals surface area contributed by atoms with Crippen LogP contribution in [-0.2, 0) is 11.2 Å². The number of fused-ring (bicyclic) bond motifs is 1. The van der Waals surface area contributed by atoms with Gasteiger partial charge in [0, 0.05) is 24.0 Å². The Labute approximate surface area is 127 Å². The number of hydrogen-bond acceptors (Lipinski definition) is 3. The topological polar surface area (TPSA) is 49.0 Å². The number of H-pyrrole nitrogens is 1. The smallest absolute Gasteiger partial charge is 0.227 e. The lowest BCUT2D eigenvalue weighted by molar-refractivity contribution is -0.118. The number of imidazole rings is 1. The number of carbonyl (C=O) groups excluding carboxylic acids is 1. The molecule has 0 aliphatic heterocycles. The molecule has 5 heteroatoms. The summed E-state index contributed by atoms with van der Waals surface area (Å²) in [5.74, 6) is 1.01. The van der Waals surface area contributed by atoms with Gasteiger partial charge in [0.2, 0.25) is 5.91 Å². The van der Waals surface area contributed by atoms with E-state index in [-0.39, 0.29) is 5.91 Å². The number of hydrogen-bond donors (Lipinski definition) is 1. The molecule has 21 heavy (non-hydrogen) atoms. The number of anilines is 1. The van der Waals surface area contributed by atoms with Crippen LogP contribution in [0.3, 0.4) is 0 Å². The van der Waals surface area contributed by atoms with Crippen molar-refractivity contribution in [1.29, 1.82) is 0 Å². The van der Waals surface area contributed by atoms with Crippen molar-refractivity contribution in [3.05, 3.63) is 46.4 Å². The Bertz CT molecular complexity index is 761. The number of aryl methyl sites for hydroxylation is 2. The molecule has 1 N–H and O–H groups in total. The quantitative estimate of drug-likeness (QED) is 0.801. The molecule has 1 amide bonds. The van der Waals surface area contributed by atoms with Crippen molar-refractivity contribution in [3.8, 4) is 0 Å². The predicted octanol–water partition coefficient (Wildman–Crippen LogP) is 3.53. The highest BCUT2D eigenvalue weighted by Crippen LogP contribution is 2.21. The molecule has 108 valence electrons. The fourth-order valence-corrected chi connectivity index (χ4v) is 3.04. The Balaban J connectivity index is 1.72. The average Bonchev–Trinajstić information content (AvgIpc) is 3.10. The second-order valence-electron chi connectivity index (χ2n) is 5.06. The summed E-state index contributed by atoms with van der Waals surface area (Å²) in [6.45, 7) is 1.93. The first-order valence-electron chi connectivity index (χ1n) is 6.89. The number of nitrogens with one attached hydrogen (secondary N) is 1. The van der Waals surface area contributed by atoms with Crippen LogP contribution in [0.1, 0.15) is 17.1 Å². The van der Waals surface area contributed by atoms with E-state index in [9.17, 15) is 4.79 Å². The van der Waals surface area contributed by atoms with Crippen LogP contribution in [0.5, 0.6) is 0 Å². The number of nitrogens with zero attached hydrogens (tertiary/aromatic N) is 2.